The fourth-order valence-corrected chi connectivity index (χ4v) is 2.41. The Balaban J connectivity index is 2.04. The summed E-state index contributed by atoms with van der Waals surface area (Å²) in [6.07, 6.45) is 4.16. The van der Waals surface area contributed by atoms with Gasteiger partial charge in [-0.2, -0.15) is 0 Å². The lowest BCUT2D eigenvalue weighted by Crippen LogP contribution is -2.36. The van der Waals surface area contributed by atoms with Gasteiger partial charge in [0.25, 0.3) is 0 Å². The number of amides is 1. The second-order valence-corrected chi connectivity index (χ2v) is 5.05. The molecule has 2 heteroatoms. The average Bonchev–Trinajstić information content (AvgIpc) is 2.35. The molecule has 1 saturated heterocycles. The van der Waals surface area contributed by atoms with Gasteiger partial charge >= 0.3 is 0 Å². The van der Waals surface area contributed by atoms with Gasteiger partial charge in [0.15, 0.2) is 0 Å². The third-order valence-corrected chi connectivity index (χ3v) is 3.56. The molecule has 0 spiro atoms. The number of carbonyl (C=O) groups is 1. The summed E-state index contributed by atoms with van der Waals surface area (Å²) in [7, 11) is 0. The van der Waals surface area contributed by atoms with Crippen molar-refractivity contribution in [2.75, 3.05) is 13.1 Å². The molecule has 0 aromatic heterocycles. The molecule has 1 fully saturated rings. The Labute approximate surface area is 104 Å². The number of hydrogen-bond acceptors (Lipinski definition) is 1. The van der Waals surface area contributed by atoms with Crippen molar-refractivity contribution in [3.63, 3.8) is 0 Å². The average molecular weight is 231 g/mol. The molecule has 0 atom stereocenters. The summed E-state index contributed by atoms with van der Waals surface area (Å²) in [5.74, 6) is 0.290. The second kappa shape index (κ2) is 5.35. The Kier molecular flexibility index (Phi) is 3.82. The van der Waals surface area contributed by atoms with Gasteiger partial charge in [-0.15, -0.1) is 0 Å². The zero-order valence-electron chi connectivity index (χ0n) is 10.8. The highest BCUT2D eigenvalue weighted by Crippen LogP contribution is 2.15. The van der Waals surface area contributed by atoms with Gasteiger partial charge in [-0.3, -0.25) is 4.79 Å². The van der Waals surface area contributed by atoms with Crippen LogP contribution in [0, 0.1) is 13.8 Å². The topological polar surface area (TPSA) is 20.3 Å². The van der Waals surface area contributed by atoms with Gasteiger partial charge in [0.05, 0.1) is 6.42 Å². The van der Waals surface area contributed by atoms with Gasteiger partial charge in [0, 0.05) is 13.1 Å². The molecule has 1 aliphatic rings. The van der Waals surface area contributed by atoms with E-state index in [2.05, 4.69) is 32.0 Å². The minimum Gasteiger partial charge on any atom is -0.342 e. The van der Waals surface area contributed by atoms with Crippen LogP contribution in [0.1, 0.15) is 36.0 Å². The molecule has 0 N–H and O–H groups in total. The monoisotopic (exact) mass is 231 g/mol. The maximum Gasteiger partial charge on any atom is 0.226 e. The Morgan fingerprint density at radius 3 is 2.59 bits per heavy atom. The van der Waals surface area contributed by atoms with E-state index < -0.39 is 0 Å². The zero-order chi connectivity index (χ0) is 12.3. The summed E-state index contributed by atoms with van der Waals surface area (Å²) < 4.78 is 0. The SMILES string of the molecule is Cc1ccc(C)c(CC(=O)N2CCCCC2)c1. The Hall–Kier alpha value is -1.31. The maximum atomic E-state index is 12.2. The molecular formula is C15H21NO. The Bertz CT molecular complexity index is 405. The standard InChI is InChI=1S/C15H21NO/c1-12-6-7-13(2)14(10-12)11-15(17)16-8-4-3-5-9-16/h6-7,10H,3-5,8-9,11H2,1-2H3. The van der Waals surface area contributed by atoms with E-state index >= 15 is 0 Å². The smallest absolute Gasteiger partial charge is 0.226 e. The summed E-state index contributed by atoms with van der Waals surface area (Å²) in [4.78, 5) is 14.2. The number of benzene rings is 1. The Morgan fingerprint density at radius 1 is 1.18 bits per heavy atom. The Morgan fingerprint density at radius 2 is 1.88 bits per heavy atom. The number of likely N-dealkylation sites (tertiary alicyclic amines) is 1. The van der Waals surface area contributed by atoms with Crippen LogP contribution in [0.25, 0.3) is 0 Å². The highest BCUT2D eigenvalue weighted by atomic mass is 16.2. The first kappa shape index (κ1) is 12.2. The third-order valence-electron chi connectivity index (χ3n) is 3.56. The van der Waals surface area contributed by atoms with E-state index in [1.165, 1.54) is 36.0 Å². The molecule has 1 heterocycles. The van der Waals surface area contributed by atoms with Crippen LogP contribution in [0.15, 0.2) is 18.2 Å². The molecule has 1 amide bonds. The molecule has 1 aromatic carbocycles. The van der Waals surface area contributed by atoms with Crippen molar-refractivity contribution >= 4 is 5.91 Å². The molecule has 0 bridgehead atoms. The fraction of sp³-hybridized carbons (Fsp3) is 0.533. The second-order valence-electron chi connectivity index (χ2n) is 5.05. The summed E-state index contributed by atoms with van der Waals surface area (Å²) in [5.41, 5.74) is 3.64. The lowest BCUT2D eigenvalue weighted by atomic mass is 10.0. The van der Waals surface area contributed by atoms with Crippen LogP contribution in [0.4, 0.5) is 0 Å². The van der Waals surface area contributed by atoms with Crippen LogP contribution in [0.5, 0.6) is 0 Å². The number of carbonyl (C=O) groups excluding carboxylic acids is 1. The van der Waals surface area contributed by atoms with E-state index in [9.17, 15) is 4.79 Å². The first-order valence-electron chi connectivity index (χ1n) is 6.51. The van der Waals surface area contributed by atoms with Crippen LogP contribution in [-0.4, -0.2) is 23.9 Å². The van der Waals surface area contributed by atoms with Gasteiger partial charge in [-0.25, -0.2) is 0 Å². The number of piperidine rings is 1. The summed E-state index contributed by atoms with van der Waals surface area (Å²) in [5, 5.41) is 0. The predicted octanol–water partition coefficient (Wildman–Crippen LogP) is 2.86. The molecule has 92 valence electrons. The molecule has 17 heavy (non-hydrogen) atoms. The molecule has 2 rings (SSSR count). The number of aryl methyl sites for hydroxylation is 2. The van der Waals surface area contributed by atoms with Crippen molar-refractivity contribution in [3.05, 3.63) is 34.9 Å². The number of rotatable bonds is 2. The van der Waals surface area contributed by atoms with Crippen molar-refractivity contribution in [2.24, 2.45) is 0 Å². The number of hydrogen-bond donors (Lipinski definition) is 0. The summed E-state index contributed by atoms with van der Waals surface area (Å²) in [6.45, 7) is 6.06. The van der Waals surface area contributed by atoms with Crippen molar-refractivity contribution in [1.82, 2.24) is 4.90 Å². The zero-order valence-corrected chi connectivity index (χ0v) is 10.8. The van der Waals surface area contributed by atoms with Crippen LogP contribution in [0.2, 0.25) is 0 Å². The summed E-state index contributed by atoms with van der Waals surface area (Å²) >= 11 is 0. The van der Waals surface area contributed by atoms with E-state index in [1.54, 1.807) is 0 Å². The molecule has 0 radical (unpaired) electrons. The highest BCUT2D eigenvalue weighted by Gasteiger charge is 2.17. The first-order chi connectivity index (χ1) is 8.16. The van der Waals surface area contributed by atoms with Gasteiger partial charge in [-0.05, 0) is 44.2 Å². The molecular weight excluding hydrogens is 210 g/mol. The molecule has 2 nitrogen and oxygen atoms in total. The van der Waals surface area contributed by atoms with Gasteiger partial charge in [0.2, 0.25) is 5.91 Å². The van der Waals surface area contributed by atoms with Crippen LogP contribution >= 0.6 is 0 Å². The van der Waals surface area contributed by atoms with Gasteiger partial charge in [0.1, 0.15) is 0 Å². The minimum absolute atomic E-state index is 0.290. The number of nitrogens with zero attached hydrogens (tertiary/aromatic N) is 1. The normalized spacial score (nSPS) is 16.0. The van der Waals surface area contributed by atoms with Crippen molar-refractivity contribution < 1.29 is 4.79 Å². The third kappa shape index (κ3) is 3.09. The fourth-order valence-electron chi connectivity index (χ4n) is 2.41. The lowest BCUT2D eigenvalue weighted by molar-refractivity contribution is -0.131. The van der Waals surface area contributed by atoms with E-state index in [1.807, 2.05) is 4.90 Å². The highest BCUT2D eigenvalue weighted by molar-refractivity contribution is 5.79. The van der Waals surface area contributed by atoms with Crippen LogP contribution < -0.4 is 0 Å². The molecule has 0 unspecified atom stereocenters. The van der Waals surface area contributed by atoms with Gasteiger partial charge in [-0.1, -0.05) is 23.8 Å². The predicted molar refractivity (Wildman–Crippen MR) is 70.1 cm³/mol. The van der Waals surface area contributed by atoms with Crippen LogP contribution in [-0.2, 0) is 11.2 Å². The van der Waals surface area contributed by atoms with Crippen molar-refractivity contribution in [2.45, 2.75) is 39.5 Å². The lowest BCUT2D eigenvalue weighted by Gasteiger charge is -2.27. The van der Waals surface area contributed by atoms with E-state index in [4.69, 9.17) is 0 Å². The van der Waals surface area contributed by atoms with Crippen LogP contribution in [0.3, 0.4) is 0 Å². The quantitative estimate of drug-likeness (QED) is 0.766. The molecule has 1 aromatic rings. The van der Waals surface area contributed by atoms with E-state index in [0.29, 0.717) is 12.3 Å². The maximum absolute atomic E-state index is 12.2. The minimum atomic E-state index is 0.290. The van der Waals surface area contributed by atoms with Crippen molar-refractivity contribution in [1.29, 1.82) is 0 Å². The molecule has 0 aliphatic carbocycles. The van der Waals surface area contributed by atoms with E-state index in [-0.39, 0.29) is 0 Å². The van der Waals surface area contributed by atoms with E-state index in [0.717, 1.165) is 13.1 Å². The largest absolute Gasteiger partial charge is 0.342 e. The van der Waals surface area contributed by atoms with Gasteiger partial charge < -0.3 is 4.90 Å². The molecule has 0 saturated carbocycles. The first-order valence-corrected chi connectivity index (χ1v) is 6.51. The van der Waals surface area contributed by atoms with Crippen molar-refractivity contribution in [3.8, 4) is 0 Å². The molecule has 1 aliphatic heterocycles. The summed E-state index contributed by atoms with van der Waals surface area (Å²) in [6, 6.07) is 6.34.